The first kappa shape index (κ1) is 8.93. The van der Waals surface area contributed by atoms with Crippen molar-refractivity contribution in [2.75, 3.05) is 5.73 Å². The van der Waals surface area contributed by atoms with E-state index in [0.717, 1.165) is 6.07 Å². The first-order valence-electron chi connectivity index (χ1n) is 4.16. The zero-order chi connectivity index (χ0) is 10.3. The van der Waals surface area contributed by atoms with Gasteiger partial charge in [-0.2, -0.15) is 4.98 Å². The third-order valence-corrected chi connectivity index (χ3v) is 2.04. The Bertz CT molecular complexity index is 493. The van der Waals surface area contributed by atoms with Crippen LogP contribution >= 0.6 is 0 Å². The molecular weight excluding hydrogens is 190 g/mol. The normalized spacial score (nSPS) is 11.1. The van der Waals surface area contributed by atoms with Gasteiger partial charge < -0.3 is 10.2 Å². The number of hydrogen-bond acceptors (Lipinski definition) is 3. The van der Waals surface area contributed by atoms with Crippen molar-refractivity contribution in [3.8, 4) is 0 Å². The predicted octanol–water partition coefficient (Wildman–Crippen LogP) is 2.25. The summed E-state index contributed by atoms with van der Waals surface area (Å²) in [5.74, 6) is -1.39. The van der Waals surface area contributed by atoms with Gasteiger partial charge in [0.2, 0.25) is 0 Å². The van der Waals surface area contributed by atoms with E-state index < -0.39 is 11.6 Å². The number of anilines is 1. The average Bonchev–Trinajstić information content (AvgIpc) is 2.48. The van der Waals surface area contributed by atoms with Crippen LogP contribution in [-0.4, -0.2) is 4.98 Å². The lowest BCUT2D eigenvalue weighted by Gasteiger charge is -1.99. The molecule has 5 heteroatoms. The number of rotatable bonds is 1. The topological polar surface area (TPSA) is 52.0 Å². The van der Waals surface area contributed by atoms with Gasteiger partial charge in [-0.3, -0.25) is 0 Å². The van der Waals surface area contributed by atoms with E-state index in [2.05, 4.69) is 4.98 Å². The van der Waals surface area contributed by atoms with Crippen molar-refractivity contribution in [3.05, 3.63) is 23.3 Å². The van der Waals surface area contributed by atoms with Crippen LogP contribution in [0.4, 0.5) is 14.8 Å². The molecule has 0 aliphatic carbocycles. The second kappa shape index (κ2) is 2.94. The fourth-order valence-corrected chi connectivity index (χ4v) is 1.41. The van der Waals surface area contributed by atoms with Crippen LogP contribution in [0.5, 0.6) is 0 Å². The van der Waals surface area contributed by atoms with Crippen molar-refractivity contribution in [1.82, 2.24) is 4.98 Å². The molecule has 0 aliphatic heterocycles. The number of oxazole rings is 1. The van der Waals surface area contributed by atoms with E-state index in [1.54, 1.807) is 6.92 Å². The quantitative estimate of drug-likeness (QED) is 0.764. The fraction of sp³-hybridized carbons (Fsp3) is 0.222. The van der Waals surface area contributed by atoms with Crippen LogP contribution in [0.2, 0.25) is 0 Å². The Morgan fingerprint density at radius 2 is 2.14 bits per heavy atom. The maximum Gasteiger partial charge on any atom is 0.293 e. The highest BCUT2D eigenvalue weighted by Gasteiger charge is 2.16. The third kappa shape index (κ3) is 1.13. The standard InChI is InChI=1S/C9H8F2N2O/c1-2-4-5(10)3-6(11)7-8(4)14-9(12)13-7/h3H,2H2,1H3,(H2,12,13). The molecule has 0 spiro atoms. The van der Waals surface area contributed by atoms with Gasteiger partial charge in [0.1, 0.15) is 11.3 Å². The van der Waals surface area contributed by atoms with Gasteiger partial charge in [-0.15, -0.1) is 0 Å². The van der Waals surface area contributed by atoms with Gasteiger partial charge >= 0.3 is 0 Å². The highest BCUT2D eigenvalue weighted by atomic mass is 19.1. The molecule has 1 heterocycles. The zero-order valence-corrected chi connectivity index (χ0v) is 7.47. The Morgan fingerprint density at radius 1 is 1.43 bits per heavy atom. The van der Waals surface area contributed by atoms with Crippen molar-refractivity contribution in [3.63, 3.8) is 0 Å². The van der Waals surface area contributed by atoms with E-state index in [1.165, 1.54) is 0 Å². The molecule has 3 nitrogen and oxygen atoms in total. The monoisotopic (exact) mass is 198 g/mol. The molecule has 74 valence electrons. The summed E-state index contributed by atoms with van der Waals surface area (Å²) in [5, 5.41) is 0. The summed E-state index contributed by atoms with van der Waals surface area (Å²) >= 11 is 0. The molecule has 0 radical (unpaired) electrons. The van der Waals surface area contributed by atoms with Crippen molar-refractivity contribution < 1.29 is 13.2 Å². The van der Waals surface area contributed by atoms with Crippen molar-refractivity contribution in [2.24, 2.45) is 0 Å². The Balaban J connectivity index is 2.89. The van der Waals surface area contributed by atoms with Crippen LogP contribution in [0, 0.1) is 11.6 Å². The number of fused-ring (bicyclic) bond motifs is 1. The lowest BCUT2D eigenvalue weighted by atomic mass is 10.1. The molecule has 1 aromatic heterocycles. The van der Waals surface area contributed by atoms with E-state index in [-0.39, 0.29) is 17.1 Å². The van der Waals surface area contributed by atoms with Gasteiger partial charge in [-0.05, 0) is 6.42 Å². The number of aromatic nitrogens is 1. The lowest BCUT2D eigenvalue weighted by Crippen LogP contribution is -1.91. The van der Waals surface area contributed by atoms with Crippen molar-refractivity contribution in [2.45, 2.75) is 13.3 Å². The number of nitrogens with zero attached hydrogens (tertiary/aromatic N) is 1. The van der Waals surface area contributed by atoms with Gasteiger partial charge in [0.15, 0.2) is 11.4 Å². The summed E-state index contributed by atoms with van der Waals surface area (Å²) < 4.78 is 31.3. The van der Waals surface area contributed by atoms with E-state index >= 15 is 0 Å². The first-order valence-corrected chi connectivity index (χ1v) is 4.16. The fourth-order valence-electron chi connectivity index (χ4n) is 1.41. The highest BCUT2D eigenvalue weighted by Crippen LogP contribution is 2.26. The number of halogens is 2. The van der Waals surface area contributed by atoms with Gasteiger partial charge in [0.25, 0.3) is 6.01 Å². The van der Waals surface area contributed by atoms with Crippen LogP contribution in [0.15, 0.2) is 10.5 Å². The molecule has 0 aliphatic rings. The zero-order valence-electron chi connectivity index (χ0n) is 7.47. The van der Waals surface area contributed by atoms with Gasteiger partial charge in [0.05, 0.1) is 0 Å². The molecule has 0 bridgehead atoms. The van der Waals surface area contributed by atoms with Crippen LogP contribution < -0.4 is 5.73 Å². The Morgan fingerprint density at radius 3 is 2.79 bits per heavy atom. The molecule has 14 heavy (non-hydrogen) atoms. The first-order chi connectivity index (χ1) is 6.63. The number of aryl methyl sites for hydroxylation is 1. The van der Waals surface area contributed by atoms with Crippen LogP contribution in [0.1, 0.15) is 12.5 Å². The Hall–Kier alpha value is -1.65. The SMILES string of the molecule is CCc1c(F)cc(F)c2nc(N)oc12. The molecule has 0 fully saturated rings. The number of nitrogens with two attached hydrogens (primary N) is 1. The Labute approximate surface area is 78.5 Å². The summed E-state index contributed by atoms with van der Waals surface area (Å²) in [6.07, 6.45) is 0.400. The molecule has 1 aromatic carbocycles. The molecule has 0 atom stereocenters. The smallest absolute Gasteiger partial charge is 0.293 e. The van der Waals surface area contributed by atoms with Gasteiger partial charge in [0, 0.05) is 11.6 Å². The molecule has 0 saturated carbocycles. The lowest BCUT2D eigenvalue weighted by molar-refractivity contribution is 0.569. The maximum atomic E-state index is 13.2. The van der Waals surface area contributed by atoms with E-state index in [0.29, 0.717) is 12.0 Å². The summed E-state index contributed by atoms with van der Waals surface area (Å²) in [6, 6.07) is 0.641. The number of benzene rings is 1. The third-order valence-electron chi connectivity index (χ3n) is 2.04. The second-order valence-corrected chi connectivity index (χ2v) is 2.90. The van der Waals surface area contributed by atoms with Gasteiger partial charge in [-0.25, -0.2) is 8.78 Å². The molecule has 2 rings (SSSR count). The minimum Gasteiger partial charge on any atom is -0.423 e. The molecule has 0 saturated heterocycles. The largest absolute Gasteiger partial charge is 0.423 e. The van der Waals surface area contributed by atoms with E-state index in [9.17, 15) is 8.78 Å². The summed E-state index contributed by atoms with van der Waals surface area (Å²) in [5.41, 5.74) is 5.65. The van der Waals surface area contributed by atoms with Crippen LogP contribution in [0.25, 0.3) is 11.1 Å². The van der Waals surface area contributed by atoms with Crippen molar-refractivity contribution in [1.29, 1.82) is 0 Å². The second-order valence-electron chi connectivity index (χ2n) is 2.90. The minimum absolute atomic E-state index is 0.0132. The molecule has 0 unspecified atom stereocenters. The molecule has 0 amide bonds. The summed E-state index contributed by atoms with van der Waals surface area (Å²) in [4.78, 5) is 3.63. The van der Waals surface area contributed by atoms with Gasteiger partial charge in [-0.1, -0.05) is 6.92 Å². The number of hydrogen-bond donors (Lipinski definition) is 1. The summed E-state index contributed by atoms with van der Waals surface area (Å²) in [6.45, 7) is 1.74. The summed E-state index contributed by atoms with van der Waals surface area (Å²) in [7, 11) is 0. The molecule has 2 N–H and O–H groups in total. The van der Waals surface area contributed by atoms with E-state index in [1.807, 2.05) is 0 Å². The highest BCUT2D eigenvalue weighted by molar-refractivity contribution is 5.78. The molecule has 2 aromatic rings. The van der Waals surface area contributed by atoms with E-state index in [4.69, 9.17) is 10.2 Å². The van der Waals surface area contributed by atoms with Crippen LogP contribution in [0.3, 0.4) is 0 Å². The van der Waals surface area contributed by atoms with Crippen LogP contribution in [-0.2, 0) is 6.42 Å². The average molecular weight is 198 g/mol. The van der Waals surface area contributed by atoms with Crippen molar-refractivity contribution >= 4 is 17.1 Å². The number of nitrogen functional groups attached to an aromatic ring is 1. The molecular formula is C9H8F2N2O. The Kier molecular flexibility index (Phi) is 1.87. The predicted molar refractivity (Wildman–Crippen MR) is 47.7 cm³/mol. The minimum atomic E-state index is -0.754. The maximum absolute atomic E-state index is 13.2.